The monoisotopic (exact) mass is 403 g/mol. The molecule has 1 aromatic rings. The van der Waals surface area contributed by atoms with Crippen molar-refractivity contribution in [2.75, 3.05) is 26.2 Å². The summed E-state index contributed by atoms with van der Waals surface area (Å²) in [5, 5.41) is 3.35. The summed E-state index contributed by atoms with van der Waals surface area (Å²) in [6.45, 7) is 11.6. The summed E-state index contributed by atoms with van der Waals surface area (Å²) >= 11 is 0. The van der Waals surface area contributed by atoms with Crippen LogP contribution in [0.15, 0.2) is 23.1 Å². The third-order valence-electron chi connectivity index (χ3n) is 5.05. The molecule has 0 bridgehead atoms. The molecule has 1 amide bonds. The third-order valence-corrected chi connectivity index (χ3v) is 7.25. The van der Waals surface area contributed by atoms with Crippen molar-refractivity contribution in [2.24, 2.45) is 0 Å². The first-order chi connectivity index (χ1) is 11.7. The zero-order chi connectivity index (χ0) is 18.8. The maximum absolute atomic E-state index is 12.9. The highest BCUT2D eigenvalue weighted by Crippen LogP contribution is 2.23. The van der Waals surface area contributed by atoms with Gasteiger partial charge < -0.3 is 10.2 Å². The molecule has 1 saturated heterocycles. The van der Waals surface area contributed by atoms with E-state index in [1.807, 2.05) is 25.7 Å². The zero-order valence-electron chi connectivity index (χ0n) is 16.2. The zero-order valence-corrected chi connectivity index (χ0v) is 17.8. The second-order valence-electron chi connectivity index (χ2n) is 6.55. The van der Waals surface area contributed by atoms with Crippen LogP contribution >= 0.6 is 12.4 Å². The fraction of sp³-hybridized carbons (Fsp3) is 0.611. The summed E-state index contributed by atoms with van der Waals surface area (Å²) < 4.78 is 27.2. The van der Waals surface area contributed by atoms with Crippen LogP contribution in [0.3, 0.4) is 0 Å². The Morgan fingerprint density at radius 3 is 2.46 bits per heavy atom. The molecule has 1 aliphatic heterocycles. The molecule has 2 rings (SSSR count). The van der Waals surface area contributed by atoms with Crippen molar-refractivity contribution < 1.29 is 13.2 Å². The summed E-state index contributed by atoms with van der Waals surface area (Å²) in [6, 6.07) is 5.25. The molecule has 0 radical (unpaired) electrons. The molecular weight excluding hydrogens is 374 g/mol. The Morgan fingerprint density at radius 2 is 1.88 bits per heavy atom. The summed E-state index contributed by atoms with van der Waals surface area (Å²) in [6.07, 6.45) is 0. The first-order valence-electron chi connectivity index (χ1n) is 8.89. The normalized spacial score (nSPS) is 20.8. The number of carbonyl (C=O) groups excluding carboxylic acids is 1. The molecule has 148 valence electrons. The standard InChI is InChI=1S/C18H29N3O3S.ClH/c1-6-20(7-2)25(23,24)17-12-16(9-8-13(17)3)18(22)21-11-10-19-14(4)15(21)5;/h8-9,12,14-15,19H,6-7,10-11H2,1-5H3;1H. The summed E-state index contributed by atoms with van der Waals surface area (Å²) in [5.74, 6) is -0.114. The fourth-order valence-corrected chi connectivity index (χ4v) is 4.93. The predicted molar refractivity (Wildman–Crippen MR) is 106 cm³/mol. The second kappa shape index (κ2) is 9.17. The largest absolute Gasteiger partial charge is 0.333 e. The summed E-state index contributed by atoms with van der Waals surface area (Å²) in [7, 11) is -3.59. The lowest BCUT2D eigenvalue weighted by Gasteiger charge is -2.38. The molecule has 1 N–H and O–H groups in total. The van der Waals surface area contributed by atoms with E-state index in [-0.39, 0.29) is 35.3 Å². The van der Waals surface area contributed by atoms with Gasteiger partial charge in [0.05, 0.1) is 4.90 Å². The van der Waals surface area contributed by atoms with Crippen molar-refractivity contribution in [1.82, 2.24) is 14.5 Å². The van der Waals surface area contributed by atoms with Crippen LogP contribution in [0.1, 0.15) is 43.6 Å². The van der Waals surface area contributed by atoms with Gasteiger partial charge in [0, 0.05) is 43.8 Å². The lowest BCUT2D eigenvalue weighted by molar-refractivity contribution is 0.0602. The van der Waals surface area contributed by atoms with Gasteiger partial charge in [-0.2, -0.15) is 4.31 Å². The van der Waals surface area contributed by atoms with Gasteiger partial charge >= 0.3 is 0 Å². The first-order valence-corrected chi connectivity index (χ1v) is 10.3. The van der Waals surface area contributed by atoms with Crippen molar-refractivity contribution in [1.29, 1.82) is 0 Å². The molecule has 1 fully saturated rings. The fourth-order valence-electron chi connectivity index (χ4n) is 3.22. The van der Waals surface area contributed by atoms with Gasteiger partial charge in [-0.1, -0.05) is 19.9 Å². The van der Waals surface area contributed by atoms with Crippen LogP contribution in [-0.2, 0) is 10.0 Å². The molecule has 26 heavy (non-hydrogen) atoms. The molecule has 1 aromatic carbocycles. The average molecular weight is 404 g/mol. The Balaban J connectivity index is 0.00000338. The Hall–Kier alpha value is -1.15. The van der Waals surface area contributed by atoms with Crippen LogP contribution < -0.4 is 5.32 Å². The molecule has 8 heteroatoms. The minimum atomic E-state index is -3.59. The van der Waals surface area contributed by atoms with Gasteiger partial charge in [0.2, 0.25) is 10.0 Å². The number of piperazine rings is 1. The van der Waals surface area contributed by atoms with E-state index >= 15 is 0 Å². The number of carbonyl (C=O) groups is 1. The number of amides is 1. The van der Waals surface area contributed by atoms with Crippen molar-refractivity contribution >= 4 is 28.3 Å². The topological polar surface area (TPSA) is 69.7 Å². The van der Waals surface area contributed by atoms with Crippen molar-refractivity contribution in [3.63, 3.8) is 0 Å². The minimum Gasteiger partial charge on any atom is -0.333 e. The van der Waals surface area contributed by atoms with Crippen LogP contribution in [0.5, 0.6) is 0 Å². The molecular formula is C18H30ClN3O3S. The molecule has 0 saturated carbocycles. The van der Waals surface area contributed by atoms with Crippen molar-refractivity contribution in [3.05, 3.63) is 29.3 Å². The number of sulfonamides is 1. The Morgan fingerprint density at radius 1 is 1.27 bits per heavy atom. The van der Waals surface area contributed by atoms with E-state index in [0.29, 0.717) is 30.8 Å². The van der Waals surface area contributed by atoms with Crippen LogP contribution in [0, 0.1) is 6.92 Å². The maximum atomic E-state index is 12.9. The molecule has 2 atom stereocenters. The van der Waals surface area contributed by atoms with Gasteiger partial charge in [-0.05, 0) is 38.5 Å². The lowest BCUT2D eigenvalue weighted by Crippen LogP contribution is -2.57. The van der Waals surface area contributed by atoms with E-state index in [0.717, 1.165) is 6.54 Å². The highest BCUT2D eigenvalue weighted by atomic mass is 35.5. The molecule has 0 spiro atoms. The maximum Gasteiger partial charge on any atom is 0.254 e. The van der Waals surface area contributed by atoms with Crippen molar-refractivity contribution in [2.45, 2.75) is 51.6 Å². The summed E-state index contributed by atoms with van der Waals surface area (Å²) in [4.78, 5) is 15.0. The average Bonchev–Trinajstić information content (AvgIpc) is 2.58. The van der Waals surface area contributed by atoms with E-state index in [1.54, 1.807) is 19.1 Å². The molecule has 0 aromatic heterocycles. The number of benzene rings is 1. The van der Waals surface area contributed by atoms with Crippen LogP contribution in [0.2, 0.25) is 0 Å². The number of nitrogens with one attached hydrogen (secondary N) is 1. The van der Waals surface area contributed by atoms with E-state index in [2.05, 4.69) is 12.2 Å². The number of nitrogens with zero attached hydrogens (tertiary/aromatic N) is 2. The molecule has 6 nitrogen and oxygen atoms in total. The van der Waals surface area contributed by atoms with E-state index in [9.17, 15) is 13.2 Å². The van der Waals surface area contributed by atoms with Gasteiger partial charge in [0.1, 0.15) is 0 Å². The van der Waals surface area contributed by atoms with Crippen molar-refractivity contribution in [3.8, 4) is 0 Å². The lowest BCUT2D eigenvalue weighted by atomic mass is 10.0. The van der Waals surface area contributed by atoms with Gasteiger partial charge in [-0.25, -0.2) is 8.42 Å². The first kappa shape index (κ1) is 22.9. The highest BCUT2D eigenvalue weighted by Gasteiger charge is 2.30. The summed E-state index contributed by atoms with van der Waals surface area (Å²) in [5.41, 5.74) is 1.09. The molecule has 2 unspecified atom stereocenters. The molecule has 1 heterocycles. The van der Waals surface area contributed by atoms with Gasteiger partial charge in [-0.3, -0.25) is 4.79 Å². The number of rotatable bonds is 5. The van der Waals surface area contributed by atoms with E-state index < -0.39 is 10.0 Å². The minimum absolute atomic E-state index is 0. The Bertz CT molecular complexity index is 735. The van der Waals surface area contributed by atoms with Crippen LogP contribution in [0.4, 0.5) is 0 Å². The SMILES string of the molecule is CCN(CC)S(=O)(=O)c1cc(C(=O)N2CCNC(C)C2C)ccc1C.Cl. The quantitative estimate of drug-likeness (QED) is 0.818. The second-order valence-corrected chi connectivity index (χ2v) is 8.46. The smallest absolute Gasteiger partial charge is 0.254 e. The number of aryl methyl sites for hydroxylation is 1. The van der Waals surface area contributed by atoms with Gasteiger partial charge in [-0.15, -0.1) is 12.4 Å². The number of halogens is 1. The van der Waals surface area contributed by atoms with E-state index in [1.165, 1.54) is 10.4 Å². The Labute approximate surface area is 163 Å². The highest BCUT2D eigenvalue weighted by molar-refractivity contribution is 7.89. The van der Waals surface area contributed by atoms with Crippen LogP contribution in [-0.4, -0.2) is 61.8 Å². The van der Waals surface area contributed by atoms with Gasteiger partial charge in [0.25, 0.3) is 5.91 Å². The number of hydrogen-bond donors (Lipinski definition) is 1. The molecule has 1 aliphatic rings. The third kappa shape index (κ3) is 4.39. The molecule has 0 aliphatic carbocycles. The van der Waals surface area contributed by atoms with Gasteiger partial charge in [0.15, 0.2) is 0 Å². The number of hydrogen-bond acceptors (Lipinski definition) is 4. The Kier molecular flexibility index (Phi) is 8.07. The van der Waals surface area contributed by atoms with Crippen LogP contribution in [0.25, 0.3) is 0 Å². The van der Waals surface area contributed by atoms with E-state index in [4.69, 9.17) is 0 Å². The predicted octanol–water partition coefficient (Wildman–Crippen LogP) is 2.27.